The summed E-state index contributed by atoms with van der Waals surface area (Å²) < 4.78 is 0. The first-order valence-electron chi connectivity index (χ1n) is 11.9. The fourth-order valence-corrected chi connectivity index (χ4v) is 7.05. The maximum atomic E-state index is 13.5. The van der Waals surface area contributed by atoms with E-state index in [0.717, 1.165) is 44.9 Å². The van der Waals surface area contributed by atoms with E-state index in [4.69, 9.17) is 0 Å². The van der Waals surface area contributed by atoms with Crippen LogP contribution in [0.5, 0.6) is 0 Å². The lowest BCUT2D eigenvalue weighted by molar-refractivity contribution is -0.149. The maximum Gasteiger partial charge on any atom is 0.326 e. The van der Waals surface area contributed by atoms with Crippen molar-refractivity contribution in [3.05, 3.63) is 24.3 Å². The molecule has 1 amide bonds. The normalized spacial score (nSPS) is 39.3. The van der Waals surface area contributed by atoms with Crippen molar-refractivity contribution in [3.8, 4) is 0 Å². The molecule has 0 radical (unpaired) electrons. The second kappa shape index (κ2) is 8.16. The van der Waals surface area contributed by atoms with Gasteiger partial charge in [0.05, 0.1) is 5.41 Å². The van der Waals surface area contributed by atoms with E-state index in [0.29, 0.717) is 12.3 Å². The summed E-state index contributed by atoms with van der Waals surface area (Å²) in [6.07, 6.45) is 12.4. The molecule has 0 spiro atoms. The van der Waals surface area contributed by atoms with E-state index >= 15 is 0 Å². The first-order chi connectivity index (χ1) is 14.0. The Morgan fingerprint density at radius 3 is 2.53 bits per heavy atom. The molecule has 0 bridgehead atoms. The molecule has 2 saturated carbocycles. The molecule has 0 aliphatic heterocycles. The molecule has 4 heteroatoms. The molecular weight excluding hydrogens is 374 g/mol. The Kier molecular flexibility index (Phi) is 6.28. The summed E-state index contributed by atoms with van der Waals surface area (Å²) in [5.74, 6) is -0.00671. The van der Waals surface area contributed by atoms with Crippen LogP contribution < -0.4 is 5.32 Å². The topological polar surface area (TPSA) is 66.4 Å². The Morgan fingerprint density at radius 2 is 1.93 bits per heavy atom. The maximum absolute atomic E-state index is 13.5. The zero-order valence-corrected chi connectivity index (χ0v) is 19.6. The highest BCUT2D eigenvalue weighted by molar-refractivity contribution is 5.87. The van der Waals surface area contributed by atoms with Gasteiger partial charge in [0.2, 0.25) is 5.91 Å². The highest BCUT2D eigenvalue weighted by Crippen LogP contribution is 2.65. The van der Waals surface area contributed by atoms with Gasteiger partial charge in [-0.2, -0.15) is 0 Å². The molecule has 3 aliphatic rings. The third kappa shape index (κ3) is 3.76. The van der Waals surface area contributed by atoms with Crippen LogP contribution in [0, 0.1) is 34.0 Å². The van der Waals surface area contributed by atoms with Gasteiger partial charge < -0.3 is 10.4 Å². The van der Waals surface area contributed by atoms with Crippen LogP contribution in [0.1, 0.15) is 86.0 Å². The number of carboxylic acids is 1. The summed E-state index contributed by atoms with van der Waals surface area (Å²) in [5.41, 5.74) is 1.17. The fraction of sp³-hybridized carbons (Fsp3) is 0.769. The number of hydrogen-bond acceptors (Lipinski definition) is 2. The number of carboxylic acid groups (broad SMARTS) is 1. The Bertz CT molecular complexity index is 741. The summed E-state index contributed by atoms with van der Waals surface area (Å²) in [5, 5.41) is 12.6. The minimum Gasteiger partial charge on any atom is -0.480 e. The van der Waals surface area contributed by atoms with E-state index in [1.54, 1.807) is 5.57 Å². The highest BCUT2D eigenvalue weighted by atomic mass is 16.4. The molecule has 6 atom stereocenters. The van der Waals surface area contributed by atoms with Gasteiger partial charge in [-0.3, -0.25) is 4.79 Å². The second-order valence-corrected chi connectivity index (χ2v) is 11.3. The van der Waals surface area contributed by atoms with Crippen LogP contribution in [0.2, 0.25) is 0 Å². The average Bonchev–Trinajstić information content (AvgIpc) is 2.67. The van der Waals surface area contributed by atoms with Crippen molar-refractivity contribution in [2.45, 2.75) is 92.0 Å². The van der Waals surface area contributed by atoms with E-state index < -0.39 is 17.4 Å². The number of carbonyl (C=O) groups is 2. The lowest BCUT2D eigenvalue weighted by Crippen LogP contribution is -2.58. The van der Waals surface area contributed by atoms with Gasteiger partial charge in [0, 0.05) is 0 Å². The number of hydrogen-bond donors (Lipinski definition) is 2. The van der Waals surface area contributed by atoms with E-state index in [2.05, 4.69) is 44.8 Å². The number of nitrogens with one attached hydrogen (secondary N) is 1. The second-order valence-electron chi connectivity index (χ2n) is 11.3. The quantitative estimate of drug-likeness (QED) is 0.544. The van der Waals surface area contributed by atoms with Crippen LogP contribution in [0.3, 0.4) is 0 Å². The van der Waals surface area contributed by atoms with Gasteiger partial charge in [0.15, 0.2) is 0 Å². The van der Waals surface area contributed by atoms with Gasteiger partial charge in [-0.15, -0.1) is 6.58 Å². The number of amides is 1. The summed E-state index contributed by atoms with van der Waals surface area (Å²) in [6.45, 7) is 15.0. The molecule has 3 aliphatic carbocycles. The van der Waals surface area contributed by atoms with Gasteiger partial charge in [-0.1, -0.05) is 58.8 Å². The molecular formula is C26H41NO3. The first-order valence-corrected chi connectivity index (χ1v) is 11.9. The minimum absolute atomic E-state index is 0.00865. The lowest BCUT2D eigenvalue weighted by Gasteiger charge is -2.60. The molecule has 0 unspecified atom stereocenters. The van der Waals surface area contributed by atoms with Crippen molar-refractivity contribution in [1.82, 2.24) is 5.32 Å². The molecule has 2 N–H and O–H groups in total. The number of carbonyl (C=O) groups excluding carboxylic acids is 1. The van der Waals surface area contributed by atoms with Crippen molar-refractivity contribution < 1.29 is 14.7 Å². The summed E-state index contributed by atoms with van der Waals surface area (Å²) >= 11 is 0. The largest absolute Gasteiger partial charge is 0.480 e. The van der Waals surface area contributed by atoms with Crippen molar-refractivity contribution in [2.75, 3.05) is 0 Å². The highest BCUT2D eigenvalue weighted by Gasteiger charge is 2.59. The molecule has 0 aromatic rings. The zero-order chi connectivity index (χ0) is 22.3. The Balaban J connectivity index is 1.90. The van der Waals surface area contributed by atoms with E-state index in [1.807, 2.05) is 13.8 Å². The fourth-order valence-electron chi connectivity index (χ4n) is 7.05. The first kappa shape index (κ1) is 23.1. The van der Waals surface area contributed by atoms with Crippen molar-refractivity contribution >= 4 is 11.9 Å². The average molecular weight is 416 g/mol. The number of aliphatic carboxylic acids is 1. The van der Waals surface area contributed by atoms with Gasteiger partial charge in [-0.25, -0.2) is 4.79 Å². The smallest absolute Gasteiger partial charge is 0.326 e. The molecule has 3 rings (SSSR count). The van der Waals surface area contributed by atoms with Crippen LogP contribution in [-0.4, -0.2) is 23.0 Å². The SMILES string of the molecule is C=C[C@@]1(C)CCC=C2[C@H]1CC[C@@H]1[C@](C)(C(=O)N[C@@H](CC(C)C)C(=O)O)CCC[C@@]21C. The summed E-state index contributed by atoms with van der Waals surface area (Å²) in [6, 6.07) is -0.809. The zero-order valence-electron chi connectivity index (χ0n) is 19.6. The van der Waals surface area contributed by atoms with E-state index in [-0.39, 0.29) is 28.6 Å². The Labute approximate surface area is 182 Å². The number of allylic oxidation sites excluding steroid dienone is 3. The monoisotopic (exact) mass is 415 g/mol. The number of rotatable bonds is 6. The summed E-state index contributed by atoms with van der Waals surface area (Å²) in [4.78, 5) is 25.3. The summed E-state index contributed by atoms with van der Waals surface area (Å²) in [7, 11) is 0. The molecule has 0 aromatic carbocycles. The molecule has 0 heterocycles. The molecule has 4 nitrogen and oxygen atoms in total. The third-order valence-electron chi connectivity index (χ3n) is 8.85. The van der Waals surface area contributed by atoms with Crippen molar-refractivity contribution in [1.29, 1.82) is 0 Å². The predicted molar refractivity (Wildman–Crippen MR) is 121 cm³/mol. The van der Waals surface area contributed by atoms with Crippen molar-refractivity contribution in [2.24, 2.45) is 34.0 Å². The van der Waals surface area contributed by atoms with E-state index in [1.165, 1.54) is 0 Å². The molecule has 2 fully saturated rings. The van der Waals surface area contributed by atoms with Gasteiger partial charge in [0.25, 0.3) is 0 Å². The minimum atomic E-state index is -0.931. The van der Waals surface area contributed by atoms with Crippen LogP contribution in [-0.2, 0) is 9.59 Å². The van der Waals surface area contributed by atoms with Crippen LogP contribution in [0.25, 0.3) is 0 Å². The molecule has 0 saturated heterocycles. The van der Waals surface area contributed by atoms with Crippen LogP contribution in [0.4, 0.5) is 0 Å². The Morgan fingerprint density at radius 1 is 1.23 bits per heavy atom. The standard InChI is InChI=1S/C26H41NO3/c1-7-24(4)13-8-10-19-18(24)11-12-21-25(19,5)14-9-15-26(21,6)23(30)27-20(22(28)29)16-17(2)3/h7,10,17-18,20-21H,1,8-9,11-16H2,2-6H3,(H,27,30)(H,28,29)/t18-,20+,21+,24+,25+,26-/m1/s1. The van der Waals surface area contributed by atoms with Crippen molar-refractivity contribution in [3.63, 3.8) is 0 Å². The van der Waals surface area contributed by atoms with Crippen LogP contribution in [0.15, 0.2) is 24.3 Å². The Hall–Kier alpha value is -1.58. The van der Waals surface area contributed by atoms with Gasteiger partial charge >= 0.3 is 5.97 Å². The van der Waals surface area contributed by atoms with E-state index in [9.17, 15) is 14.7 Å². The van der Waals surface area contributed by atoms with Gasteiger partial charge in [0.1, 0.15) is 6.04 Å². The third-order valence-corrected chi connectivity index (χ3v) is 8.85. The lowest BCUT2D eigenvalue weighted by atomic mass is 9.44. The molecule has 168 valence electrons. The molecule has 0 aromatic heterocycles. The molecule has 30 heavy (non-hydrogen) atoms. The predicted octanol–water partition coefficient (Wildman–Crippen LogP) is 5.74. The van der Waals surface area contributed by atoms with Crippen LogP contribution >= 0.6 is 0 Å². The number of fused-ring (bicyclic) bond motifs is 3. The van der Waals surface area contributed by atoms with Gasteiger partial charge in [-0.05, 0) is 73.5 Å².